The Bertz CT molecular complexity index is 1220. The minimum atomic E-state index is -0.348. The van der Waals surface area contributed by atoms with E-state index in [-0.39, 0.29) is 22.9 Å². The number of carbonyl (C=O) groups is 1. The van der Waals surface area contributed by atoms with Crippen molar-refractivity contribution in [3.05, 3.63) is 79.7 Å². The third-order valence-corrected chi connectivity index (χ3v) is 5.34. The molecule has 1 atom stereocenters. The van der Waals surface area contributed by atoms with Gasteiger partial charge in [0.25, 0.3) is 17.0 Å². The molecule has 9 heteroatoms. The number of hydrogen-bond donors (Lipinski definition) is 2. The summed E-state index contributed by atoms with van der Waals surface area (Å²) in [7, 11) is 1.50. The summed E-state index contributed by atoms with van der Waals surface area (Å²) in [5.74, 6) is 0.545. The maximum Gasteiger partial charge on any atom is 0.257 e. The lowest BCUT2D eigenvalue weighted by molar-refractivity contribution is 0.0787. The van der Waals surface area contributed by atoms with Crippen LogP contribution in [-0.2, 0) is 0 Å². The number of H-pyrrole nitrogens is 2. The summed E-state index contributed by atoms with van der Waals surface area (Å²) in [6, 6.07) is 9.48. The molecule has 2 N–H and O–H groups in total. The zero-order chi connectivity index (χ0) is 21.3. The van der Waals surface area contributed by atoms with Crippen molar-refractivity contribution >= 4 is 17.5 Å². The second-order valence-corrected chi connectivity index (χ2v) is 7.45. The molecule has 0 radical (unpaired) electrons. The Morgan fingerprint density at radius 1 is 1.27 bits per heavy atom. The molecule has 0 unspecified atom stereocenters. The molecule has 1 aliphatic rings. The van der Waals surface area contributed by atoms with E-state index < -0.39 is 0 Å². The highest BCUT2D eigenvalue weighted by molar-refractivity contribution is 6.31. The van der Waals surface area contributed by atoms with Crippen LogP contribution in [0.15, 0.2) is 52.2 Å². The third-order valence-electron chi connectivity index (χ3n) is 5.11. The minimum Gasteiger partial charge on any atom is -0.496 e. The van der Waals surface area contributed by atoms with E-state index in [1.807, 2.05) is 0 Å². The van der Waals surface area contributed by atoms with Crippen LogP contribution in [0.3, 0.4) is 0 Å². The van der Waals surface area contributed by atoms with Crippen molar-refractivity contribution in [2.45, 2.75) is 12.3 Å². The largest absolute Gasteiger partial charge is 0.496 e. The number of benzene rings is 1. The van der Waals surface area contributed by atoms with Gasteiger partial charge in [-0.2, -0.15) is 0 Å². The van der Waals surface area contributed by atoms with Gasteiger partial charge in [-0.05, 0) is 36.8 Å². The summed E-state index contributed by atoms with van der Waals surface area (Å²) in [4.78, 5) is 48.8. The topological polar surface area (TPSA) is 108 Å². The molecular weight excluding hydrogens is 408 g/mol. The number of methoxy groups -OCH3 is 1. The number of amides is 1. The van der Waals surface area contributed by atoms with Gasteiger partial charge >= 0.3 is 0 Å². The van der Waals surface area contributed by atoms with Gasteiger partial charge in [0, 0.05) is 36.3 Å². The second kappa shape index (κ2) is 8.16. The van der Waals surface area contributed by atoms with E-state index in [2.05, 4.69) is 15.0 Å². The highest BCUT2D eigenvalue weighted by Gasteiger charge is 2.31. The first-order valence-corrected chi connectivity index (χ1v) is 9.76. The predicted molar refractivity (Wildman–Crippen MR) is 112 cm³/mol. The van der Waals surface area contributed by atoms with Gasteiger partial charge in [-0.1, -0.05) is 11.6 Å². The highest BCUT2D eigenvalue weighted by Crippen LogP contribution is 2.29. The molecule has 4 rings (SSSR count). The molecular formula is C21H19ClN4O4. The van der Waals surface area contributed by atoms with Crippen LogP contribution in [0.4, 0.5) is 0 Å². The SMILES string of the molecule is COc1ccc(Cl)cc1C(=O)N1CC[C@@H](c2nc(-c3ccc[nH]c3=O)cc(=O)[nH]2)C1. The molecule has 3 heterocycles. The Morgan fingerprint density at radius 3 is 2.87 bits per heavy atom. The van der Waals surface area contributed by atoms with E-state index in [0.29, 0.717) is 52.9 Å². The molecule has 0 spiro atoms. The molecule has 1 amide bonds. The molecule has 30 heavy (non-hydrogen) atoms. The smallest absolute Gasteiger partial charge is 0.257 e. The zero-order valence-electron chi connectivity index (χ0n) is 16.1. The first-order valence-electron chi connectivity index (χ1n) is 9.38. The average Bonchev–Trinajstić information content (AvgIpc) is 3.23. The van der Waals surface area contributed by atoms with Crippen LogP contribution < -0.4 is 15.9 Å². The number of nitrogens with one attached hydrogen (secondary N) is 2. The summed E-state index contributed by atoms with van der Waals surface area (Å²) in [6.45, 7) is 0.880. The number of ether oxygens (including phenoxy) is 1. The fraction of sp³-hybridized carbons (Fsp3) is 0.238. The molecule has 1 aromatic carbocycles. The Balaban J connectivity index is 1.60. The van der Waals surface area contributed by atoms with Crippen LogP contribution in [0, 0.1) is 0 Å². The van der Waals surface area contributed by atoms with E-state index in [1.54, 1.807) is 35.2 Å². The summed E-state index contributed by atoms with van der Waals surface area (Å²) < 4.78 is 5.29. The molecule has 3 aromatic rings. The fourth-order valence-corrected chi connectivity index (χ4v) is 3.79. The van der Waals surface area contributed by atoms with Crippen molar-refractivity contribution in [3.8, 4) is 17.0 Å². The Morgan fingerprint density at radius 2 is 2.10 bits per heavy atom. The molecule has 0 saturated carbocycles. The number of halogens is 1. The number of hydrogen-bond acceptors (Lipinski definition) is 5. The molecule has 8 nitrogen and oxygen atoms in total. The third kappa shape index (κ3) is 3.86. The lowest BCUT2D eigenvalue weighted by Gasteiger charge is -2.18. The van der Waals surface area contributed by atoms with Gasteiger partial charge in [0.1, 0.15) is 11.6 Å². The van der Waals surface area contributed by atoms with Crippen LogP contribution in [-0.4, -0.2) is 46.0 Å². The summed E-state index contributed by atoms with van der Waals surface area (Å²) in [6.07, 6.45) is 2.15. The number of carbonyl (C=O) groups excluding carboxylic acids is 1. The van der Waals surface area contributed by atoms with Crippen molar-refractivity contribution < 1.29 is 9.53 Å². The van der Waals surface area contributed by atoms with Crippen molar-refractivity contribution in [1.82, 2.24) is 19.9 Å². The first kappa shape index (κ1) is 19.9. The molecule has 0 aliphatic carbocycles. The van der Waals surface area contributed by atoms with Crippen molar-refractivity contribution in [2.24, 2.45) is 0 Å². The van der Waals surface area contributed by atoms with Gasteiger partial charge < -0.3 is 19.6 Å². The number of rotatable bonds is 4. The van der Waals surface area contributed by atoms with E-state index in [0.717, 1.165) is 0 Å². The molecule has 2 aromatic heterocycles. The summed E-state index contributed by atoms with van der Waals surface area (Å²) in [5.41, 5.74) is 0.338. The van der Waals surface area contributed by atoms with Gasteiger partial charge in [0.2, 0.25) is 0 Å². The zero-order valence-corrected chi connectivity index (χ0v) is 16.9. The van der Waals surface area contributed by atoms with Gasteiger partial charge in [-0.15, -0.1) is 0 Å². The summed E-state index contributed by atoms with van der Waals surface area (Å²) >= 11 is 6.05. The van der Waals surface area contributed by atoms with Gasteiger partial charge in [0.05, 0.1) is 23.9 Å². The minimum absolute atomic E-state index is 0.158. The fourth-order valence-electron chi connectivity index (χ4n) is 3.62. The quantitative estimate of drug-likeness (QED) is 0.666. The first-order chi connectivity index (χ1) is 14.5. The van der Waals surface area contributed by atoms with E-state index >= 15 is 0 Å². The average molecular weight is 427 g/mol. The molecule has 1 saturated heterocycles. The van der Waals surface area contributed by atoms with Crippen molar-refractivity contribution in [3.63, 3.8) is 0 Å². The Kier molecular flexibility index (Phi) is 5.41. The van der Waals surface area contributed by atoms with Crippen LogP contribution >= 0.6 is 11.6 Å². The van der Waals surface area contributed by atoms with Gasteiger partial charge in [0.15, 0.2) is 0 Å². The number of aromatic amines is 2. The lowest BCUT2D eigenvalue weighted by atomic mass is 10.1. The number of aromatic nitrogens is 3. The lowest BCUT2D eigenvalue weighted by Crippen LogP contribution is -2.29. The molecule has 1 aliphatic heterocycles. The molecule has 154 valence electrons. The van der Waals surface area contributed by atoms with Crippen molar-refractivity contribution in [1.29, 1.82) is 0 Å². The number of likely N-dealkylation sites (tertiary alicyclic amines) is 1. The predicted octanol–water partition coefficient (Wildman–Crippen LogP) is 2.42. The molecule has 1 fully saturated rings. The van der Waals surface area contributed by atoms with Crippen LogP contribution in [0.5, 0.6) is 5.75 Å². The normalized spacial score (nSPS) is 15.9. The Labute approximate surface area is 176 Å². The monoisotopic (exact) mass is 426 g/mol. The van der Waals surface area contributed by atoms with E-state index in [4.69, 9.17) is 16.3 Å². The molecule has 0 bridgehead atoms. The van der Waals surface area contributed by atoms with Gasteiger partial charge in [-0.25, -0.2) is 4.98 Å². The standard InChI is InChI=1S/C21H19ClN4O4/c1-30-17-5-4-13(22)9-15(17)21(29)26-8-6-12(11-26)19-24-16(10-18(27)25-19)14-3-2-7-23-20(14)28/h2-5,7,9-10,12H,6,8,11H2,1H3,(H,23,28)(H,24,25,27)/t12-/m1/s1. The maximum atomic E-state index is 13.0. The Hall–Kier alpha value is -3.39. The maximum absolute atomic E-state index is 13.0. The van der Waals surface area contributed by atoms with Crippen LogP contribution in [0.1, 0.15) is 28.5 Å². The van der Waals surface area contributed by atoms with Crippen LogP contribution in [0.25, 0.3) is 11.3 Å². The summed E-state index contributed by atoms with van der Waals surface area (Å²) in [5, 5.41) is 0.446. The highest BCUT2D eigenvalue weighted by atomic mass is 35.5. The number of nitrogens with zero attached hydrogens (tertiary/aromatic N) is 2. The van der Waals surface area contributed by atoms with Gasteiger partial charge in [-0.3, -0.25) is 14.4 Å². The second-order valence-electron chi connectivity index (χ2n) is 7.01. The van der Waals surface area contributed by atoms with Crippen LogP contribution in [0.2, 0.25) is 5.02 Å². The van der Waals surface area contributed by atoms with Crippen molar-refractivity contribution in [2.75, 3.05) is 20.2 Å². The number of pyridine rings is 1. The van der Waals surface area contributed by atoms with E-state index in [9.17, 15) is 14.4 Å². The van der Waals surface area contributed by atoms with E-state index in [1.165, 1.54) is 19.4 Å².